The smallest absolute Gasteiger partial charge is 0.338 e. The van der Waals surface area contributed by atoms with E-state index in [-0.39, 0.29) is 40.8 Å². The molecule has 0 unspecified atom stereocenters. The summed E-state index contributed by atoms with van der Waals surface area (Å²) < 4.78 is 12.2. The minimum absolute atomic E-state index is 0.0789. The van der Waals surface area contributed by atoms with Crippen molar-refractivity contribution in [1.29, 1.82) is 0 Å². The Hall–Kier alpha value is -4.08. The maximum Gasteiger partial charge on any atom is 0.338 e. The molecule has 0 spiro atoms. The number of nitro groups is 2. The van der Waals surface area contributed by atoms with Crippen LogP contribution in [-0.4, -0.2) is 34.0 Å². The van der Waals surface area contributed by atoms with Crippen molar-refractivity contribution in [3.05, 3.63) is 92.0 Å². The van der Waals surface area contributed by atoms with Crippen LogP contribution in [0.3, 0.4) is 0 Å². The average molecular weight is 535 g/mol. The molecule has 10 nitrogen and oxygen atoms in total. The summed E-state index contributed by atoms with van der Waals surface area (Å²) in [5.41, 5.74) is 0.393. The van der Waals surface area contributed by atoms with Gasteiger partial charge in [0.2, 0.25) is 0 Å². The number of carbonyl (C=O) groups excluding carboxylic acids is 2. The van der Waals surface area contributed by atoms with Crippen LogP contribution in [0.1, 0.15) is 60.7 Å². The van der Waals surface area contributed by atoms with Gasteiger partial charge in [-0.05, 0) is 54.9 Å². The highest BCUT2D eigenvalue weighted by atomic mass is 16.6. The molecule has 4 bridgehead atoms. The van der Waals surface area contributed by atoms with Crippen molar-refractivity contribution in [3.63, 3.8) is 0 Å². The number of nitrogens with zero attached hydrogens (tertiary/aromatic N) is 2. The molecule has 0 radical (unpaired) electrons. The number of hydrogen-bond donors (Lipinski definition) is 0. The third-order valence-corrected chi connectivity index (χ3v) is 9.22. The lowest BCUT2D eigenvalue weighted by Gasteiger charge is -2.42. The fourth-order valence-electron chi connectivity index (χ4n) is 7.45. The van der Waals surface area contributed by atoms with Crippen molar-refractivity contribution in [2.75, 3.05) is 0 Å². The van der Waals surface area contributed by atoms with Crippen LogP contribution >= 0.6 is 0 Å². The van der Waals surface area contributed by atoms with E-state index >= 15 is 0 Å². The van der Waals surface area contributed by atoms with Gasteiger partial charge in [0, 0.05) is 41.5 Å². The maximum atomic E-state index is 13.2. The molecule has 5 rings (SSSR count). The van der Waals surface area contributed by atoms with Crippen molar-refractivity contribution in [2.24, 2.45) is 28.6 Å². The van der Waals surface area contributed by atoms with E-state index in [1.165, 1.54) is 48.5 Å². The van der Waals surface area contributed by atoms with Gasteiger partial charge >= 0.3 is 11.9 Å². The molecule has 0 heterocycles. The molecule has 3 aliphatic carbocycles. The Kier molecular flexibility index (Phi) is 6.32. The van der Waals surface area contributed by atoms with E-state index < -0.39 is 44.8 Å². The summed E-state index contributed by atoms with van der Waals surface area (Å²) in [7, 11) is 0. The number of esters is 2. The third-order valence-electron chi connectivity index (χ3n) is 9.22. The average Bonchev–Trinajstić information content (AvgIpc) is 3.37. The predicted molar refractivity (Wildman–Crippen MR) is 140 cm³/mol. The molecular formula is C29H30N2O8. The monoisotopic (exact) mass is 534 g/mol. The molecular weight excluding hydrogens is 504 g/mol. The summed E-state index contributed by atoms with van der Waals surface area (Å²) in [6.45, 7) is 10.6. The van der Waals surface area contributed by atoms with Crippen molar-refractivity contribution in [1.82, 2.24) is 0 Å². The van der Waals surface area contributed by atoms with E-state index in [2.05, 4.69) is 27.4 Å². The Bertz CT molecular complexity index is 1370. The van der Waals surface area contributed by atoms with E-state index in [1.54, 1.807) is 0 Å². The van der Waals surface area contributed by atoms with Crippen molar-refractivity contribution >= 4 is 23.3 Å². The molecule has 0 aromatic heterocycles. The molecule has 2 aromatic rings. The van der Waals surface area contributed by atoms with Crippen LogP contribution in [0.5, 0.6) is 0 Å². The fraction of sp³-hybridized carbons (Fsp3) is 0.448. The van der Waals surface area contributed by atoms with Crippen LogP contribution in [0.25, 0.3) is 0 Å². The molecule has 3 saturated carbocycles. The molecule has 204 valence electrons. The maximum absolute atomic E-state index is 13.2. The first-order valence-electron chi connectivity index (χ1n) is 12.9. The van der Waals surface area contributed by atoms with Gasteiger partial charge in [0.25, 0.3) is 11.4 Å². The Labute approximate surface area is 225 Å². The van der Waals surface area contributed by atoms with Gasteiger partial charge in [0.05, 0.1) is 21.0 Å². The molecule has 0 amide bonds. The Morgan fingerprint density at radius 1 is 0.846 bits per heavy atom. The lowest BCUT2D eigenvalue weighted by atomic mass is 9.68. The highest BCUT2D eigenvalue weighted by Gasteiger charge is 2.67. The lowest BCUT2D eigenvalue weighted by molar-refractivity contribution is -0.385. The summed E-state index contributed by atoms with van der Waals surface area (Å²) in [6.07, 6.45) is 0.810. The first kappa shape index (κ1) is 26.5. The highest BCUT2D eigenvalue weighted by Crippen LogP contribution is 2.70. The minimum atomic E-state index is -0.600. The van der Waals surface area contributed by atoms with Crippen molar-refractivity contribution < 1.29 is 28.9 Å². The van der Waals surface area contributed by atoms with E-state index in [4.69, 9.17) is 9.47 Å². The molecule has 10 heteroatoms. The van der Waals surface area contributed by atoms with Crippen LogP contribution in [0.15, 0.2) is 60.7 Å². The third kappa shape index (κ3) is 4.37. The van der Waals surface area contributed by atoms with Crippen molar-refractivity contribution in [3.8, 4) is 0 Å². The second-order valence-corrected chi connectivity index (χ2v) is 11.8. The van der Waals surface area contributed by atoms with E-state index in [0.717, 1.165) is 18.4 Å². The summed E-state index contributed by atoms with van der Waals surface area (Å²) in [5, 5.41) is 22.0. The minimum Gasteiger partial charge on any atom is -0.458 e. The number of carbonyl (C=O) groups is 2. The number of nitro benzene ring substituents is 2. The van der Waals surface area contributed by atoms with Gasteiger partial charge in [0.1, 0.15) is 12.2 Å². The molecule has 2 aromatic carbocycles. The summed E-state index contributed by atoms with van der Waals surface area (Å²) in [6, 6.07) is 10.5. The second-order valence-electron chi connectivity index (χ2n) is 11.8. The first-order chi connectivity index (χ1) is 18.3. The van der Waals surface area contributed by atoms with Gasteiger partial charge in [-0.15, -0.1) is 0 Å². The number of allylic oxidation sites excluding steroid dienone is 1. The Morgan fingerprint density at radius 2 is 1.31 bits per heavy atom. The van der Waals surface area contributed by atoms with Gasteiger partial charge < -0.3 is 9.47 Å². The van der Waals surface area contributed by atoms with Gasteiger partial charge in [-0.3, -0.25) is 20.2 Å². The summed E-state index contributed by atoms with van der Waals surface area (Å²) in [4.78, 5) is 47.4. The molecule has 3 fully saturated rings. The van der Waals surface area contributed by atoms with Crippen LogP contribution in [0.4, 0.5) is 11.4 Å². The van der Waals surface area contributed by atoms with Crippen molar-refractivity contribution in [2.45, 2.75) is 52.2 Å². The molecule has 6 atom stereocenters. The standard InChI is InChI=1S/C29H30N2O8/c1-16-13-19-15-29(4)23(39-27(33)18-7-11-21(12-8-18)31(36)37)14-22(28(2,3)25(19)24(16)29)38-26(32)17-5-9-20(10-6-17)30(34)35/h5-12,19,22-25H,1,13-15H2,2-4H3/t19-,22+,23+,24-,25+,29+/m0/s1. The van der Waals surface area contributed by atoms with Gasteiger partial charge in [-0.1, -0.05) is 32.9 Å². The Morgan fingerprint density at radius 3 is 1.77 bits per heavy atom. The normalized spacial score (nSPS) is 30.3. The zero-order chi connectivity index (χ0) is 28.3. The quantitative estimate of drug-likeness (QED) is 0.193. The second kappa shape index (κ2) is 9.29. The number of hydrogen-bond acceptors (Lipinski definition) is 8. The van der Waals surface area contributed by atoms with Crippen LogP contribution in [0.2, 0.25) is 0 Å². The molecule has 0 N–H and O–H groups in total. The molecule has 3 aliphatic rings. The van der Waals surface area contributed by atoms with Gasteiger partial charge in [-0.25, -0.2) is 9.59 Å². The van der Waals surface area contributed by atoms with Gasteiger partial charge in [0.15, 0.2) is 0 Å². The fourth-order valence-corrected chi connectivity index (χ4v) is 7.45. The SMILES string of the molecule is C=C1C[C@H]2C[C@]3(C)[C@H](OC(=O)c4ccc([N+](=O)[O-])cc4)C[C@@H](OC(=O)c4ccc([N+](=O)[O-])cc4)C(C)(C)[C@H]2[C@H]13. The first-order valence-corrected chi connectivity index (χ1v) is 12.9. The number of ether oxygens (including phenoxy) is 2. The zero-order valence-corrected chi connectivity index (χ0v) is 22.0. The van der Waals surface area contributed by atoms with Crippen LogP contribution in [-0.2, 0) is 9.47 Å². The number of benzene rings is 2. The Balaban J connectivity index is 1.45. The van der Waals surface area contributed by atoms with E-state index in [9.17, 15) is 29.8 Å². The summed E-state index contributed by atoms with van der Waals surface area (Å²) >= 11 is 0. The van der Waals surface area contributed by atoms with Crippen LogP contribution < -0.4 is 0 Å². The highest BCUT2D eigenvalue weighted by molar-refractivity contribution is 5.90. The summed E-state index contributed by atoms with van der Waals surface area (Å²) in [5.74, 6) is -0.634. The number of non-ortho nitro benzene ring substituents is 2. The van der Waals surface area contributed by atoms with E-state index in [1.807, 2.05) is 0 Å². The van der Waals surface area contributed by atoms with E-state index in [0.29, 0.717) is 5.92 Å². The van der Waals surface area contributed by atoms with Gasteiger partial charge in [-0.2, -0.15) is 0 Å². The topological polar surface area (TPSA) is 139 Å². The predicted octanol–water partition coefficient (Wildman–Crippen LogP) is 5.90. The molecule has 0 saturated heterocycles. The van der Waals surface area contributed by atoms with Crippen LogP contribution in [0, 0.1) is 48.8 Å². The molecule has 0 aliphatic heterocycles. The molecule has 39 heavy (non-hydrogen) atoms. The number of rotatable bonds is 6. The largest absolute Gasteiger partial charge is 0.458 e. The zero-order valence-electron chi connectivity index (χ0n) is 22.0. The lowest BCUT2D eigenvalue weighted by Crippen LogP contribution is -2.44.